The maximum Gasteiger partial charge on any atom is 0.152 e. The lowest BCUT2D eigenvalue weighted by Gasteiger charge is -2.12. The number of carbonyl (C=O) groups excluding carboxylic acids is 1. The molecule has 1 aromatic heterocycles. The summed E-state index contributed by atoms with van der Waals surface area (Å²) in [6.45, 7) is 1.93. The average molecular weight is 246 g/mol. The van der Waals surface area contributed by atoms with Gasteiger partial charge < -0.3 is 15.2 Å². The molecular weight excluding hydrogens is 228 g/mol. The van der Waals surface area contributed by atoms with Crippen molar-refractivity contribution in [3.8, 4) is 0 Å². The van der Waals surface area contributed by atoms with Crippen LogP contribution in [0, 0.1) is 0 Å². The Labute approximate surface area is 106 Å². The van der Waals surface area contributed by atoms with Crippen LogP contribution in [0.15, 0.2) is 18.2 Å². The molecule has 0 saturated heterocycles. The molecule has 18 heavy (non-hydrogen) atoms. The number of aldehydes is 1. The quantitative estimate of drug-likeness (QED) is 0.795. The van der Waals surface area contributed by atoms with Crippen molar-refractivity contribution in [2.24, 2.45) is 5.73 Å². The number of fused-ring (bicyclic) bond motifs is 1. The van der Waals surface area contributed by atoms with E-state index in [1.807, 2.05) is 36.9 Å². The van der Waals surface area contributed by atoms with Crippen molar-refractivity contribution in [2.45, 2.75) is 13.1 Å². The zero-order valence-corrected chi connectivity index (χ0v) is 10.8. The van der Waals surface area contributed by atoms with Crippen molar-refractivity contribution in [2.75, 3.05) is 20.6 Å². The number of nitrogens with zero attached hydrogens (tertiary/aromatic N) is 3. The van der Waals surface area contributed by atoms with Gasteiger partial charge in [-0.2, -0.15) is 0 Å². The van der Waals surface area contributed by atoms with Crippen molar-refractivity contribution in [3.63, 3.8) is 0 Å². The molecule has 1 heterocycles. The summed E-state index contributed by atoms with van der Waals surface area (Å²) in [6, 6.07) is 5.59. The van der Waals surface area contributed by atoms with Gasteiger partial charge in [-0.3, -0.25) is 4.79 Å². The Morgan fingerprint density at radius 2 is 2.22 bits per heavy atom. The van der Waals surface area contributed by atoms with Gasteiger partial charge in [-0.05, 0) is 26.2 Å². The molecule has 0 radical (unpaired) electrons. The molecule has 2 aromatic rings. The number of para-hydroxylation sites is 1. The lowest BCUT2D eigenvalue weighted by molar-refractivity contribution is 0.112. The molecule has 0 spiro atoms. The fourth-order valence-electron chi connectivity index (χ4n) is 2.13. The standard InChI is InChI=1S/C13H18N4O/c1-16(2)8-12-15-11-5-3-4-10(9-18)13(11)17(12)7-6-14/h3-5,9H,6-8,14H2,1-2H3. The second-order valence-corrected chi connectivity index (χ2v) is 4.54. The Hall–Kier alpha value is -1.72. The monoisotopic (exact) mass is 246 g/mol. The van der Waals surface area contributed by atoms with Crippen LogP contribution in [0.3, 0.4) is 0 Å². The summed E-state index contributed by atoms with van der Waals surface area (Å²) in [5.74, 6) is 0.940. The van der Waals surface area contributed by atoms with E-state index in [-0.39, 0.29) is 0 Å². The minimum Gasteiger partial charge on any atom is -0.329 e. The highest BCUT2D eigenvalue weighted by molar-refractivity contribution is 5.94. The SMILES string of the molecule is CN(C)Cc1nc2cccc(C=O)c2n1CCN. The van der Waals surface area contributed by atoms with Crippen LogP contribution in [0.4, 0.5) is 0 Å². The maximum absolute atomic E-state index is 11.1. The first-order chi connectivity index (χ1) is 8.67. The van der Waals surface area contributed by atoms with Crippen LogP contribution in [-0.2, 0) is 13.1 Å². The van der Waals surface area contributed by atoms with Crippen molar-refractivity contribution >= 4 is 17.3 Å². The van der Waals surface area contributed by atoms with Crippen molar-refractivity contribution in [3.05, 3.63) is 29.6 Å². The van der Waals surface area contributed by atoms with E-state index in [9.17, 15) is 4.79 Å². The first-order valence-corrected chi connectivity index (χ1v) is 5.95. The van der Waals surface area contributed by atoms with E-state index in [1.165, 1.54) is 0 Å². The third-order valence-electron chi connectivity index (χ3n) is 2.81. The fraction of sp³-hybridized carbons (Fsp3) is 0.385. The van der Waals surface area contributed by atoms with E-state index in [2.05, 4.69) is 9.88 Å². The summed E-state index contributed by atoms with van der Waals surface area (Å²) in [7, 11) is 3.99. The van der Waals surface area contributed by atoms with E-state index in [0.29, 0.717) is 18.7 Å². The lowest BCUT2D eigenvalue weighted by Crippen LogP contribution is -2.18. The Kier molecular flexibility index (Phi) is 3.74. The number of aromatic nitrogens is 2. The first-order valence-electron chi connectivity index (χ1n) is 5.95. The number of hydrogen-bond donors (Lipinski definition) is 1. The van der Waals surface area contributed by atoms with E-state index in [4.69, 9.17) is 5.73 Å². The van der Waals surface area contributed by atoms with Gasteiger partial charge in [0.25, 0.3) is 0 Å². The van der Waals surface area contributed by atoms with Gasteiger partial charge in [-0.15, -0.1) is 0 Å². The van der Waals surface area contributed by atoms with Crippen LogP contribution in [-0.4, -0.2) is 41.4 Å². The molecule has 2 N–H and O–H groups in total. The smallest absolute Gasteiger partial charge is 0.152 e. The summed E-state index contributed by atoms with van der Waals surface area (Å²) in [4.78, 5) is 17.8. The molecule has 2 rings (SSSR count). The third kappa shape index (κ3) is 2.27. The summed E-state index contributed by atoms with van der Waals surface area (Å²) >= 11 is 0. The lowest BCUT2D eigenvalue weighted by atomic mass is 10.2. The van der Waals surface area contributed by atoms with E-state index in [0.717, 1.165) is 29.7 Å². The second kappa shape index (κ2) is 5.29. The maximum atomic E-state index is 11.1. The topological polar surface area (TPSA) is 64.2 Å². The third-order valence-corrected chi connectivity index (χ3v) is 2.81. The molecule has 0 amide bonds. The van der Waals surface area contributed by atoms with Crippen LogP contribution in [0.1, 0.15) is 16.2 Å². The number of nitrogens with two attached hydrogens (primary N) is 1. The highest BCUT2D eigenvalue weighted by atomic mass is 16.1. The molecule has 0 aliphatic carbocycles. The molecule has 0 aliphatic rings. The van der Waals surface area contributed by atoms with Gasteiger partial charge in [0.05, 0.1) is 17.6 Å². The van der Waals surface area contributed by atoms with E-state index >= 15 is 0 Å². The van der Waals surface area contributed by atoms with Crippen LogP contribution in [0.2, 0.25) is 0 Å². The Balaban J connectivity index is 2.64. The number of hydrogen-bond acceptors (Lipinski definition) is 4. The highest BCUT2D eigenvalue weighted by Crippen LogP contribution is 2.20. The van der Waals surface area contributed by atoms with Crippen molar-refractivity contribution in [1.29, 1.82) is 0 Å². The van der Waals surface area contributed by atoms with Gasteiger partial charge in [0.1, 0.15) is 5.82 Å². The molecule has 0 aliphatic heterocycles. The summed E-state index contributed by atoms with van der Waals surface area (Å²) in [5.41, 5.74) is 8.05. The molecule has 96 valence electrons. The van der Waals surface area contributed by atoms with Gasteiger partial charge in [-0.1, -0.05) is 6.07 Å². The Morgan fingerprint density at radius 1 is 1.44 bits per heavy atom. The molecule has 5 heteroatoms. The van der Waals surface area contributed by atoms with E-state index < -0.39 is 0 Å². The zero-order valence-electron chi connectivity index (χ0n) is 10.8. The van der Waals surface area contributed by atoms with Gasteiger partial charge >= 0.3 is 0 Å². The number of imidazole rings is 1. The van der Waals surface area contributed by atoms with Crippen LogP contribution in [0.5, 0.6) is 0 Å². The van der Waals surface area contributed by atoms with Crippen LogP contribution >= 0.6 is 0 Å². The molecule has 1 aromatic carbocycles. The van der Waals surface area contributed by atoms with Gasteiger partial charge in [-0.25, -0.2) is 4.98 Å². The highest BCUT2D eigenvalue weighted by Gasteiger charge is 2.13. The molecule has 5 nitrogen and oxygen atoms in total. The second-order valence-electron chi connectivity index (χ2n) is 4.54. The molecule has 0 unspecified atom stereocenters. The predicted octanol–water partition coefficient (Wildman–Crippen LogP) is 0.869. The fourth-order valence-corrected chi connectivity index (χ4v) is 2.13. The van der Waals surface area contributed by atoms with Crippen LogP contribution < -0.4 is 5.73 Å². The first kappa shape index (κ1) is 12.7. The number of rotatable bonds is 5. The van der Waals surface area contributed by atoms with Crippen molar-refractivity contribution in [1.82, 2.24) is 14.5 Å². The molecule has 0 bridgehead atoms. The minimum absolute atomic E-state index is 0.527. The molecule has 0 saturated carbocycles. The minimum atomic E-state index is 0.527. The molecule has 0 atom stereocenters. The molecule has 0 fully saturated rings. The Bertz CT molecular complexity index is 559. The summed E-state index contributed by atoms with van der Waals surface area (Å²) in [5, 5.41) is 0. The Morgan fingerprint density at radius 3 is 2.83 bits per heavy atom. The average Bonchev–Trinajstić information content (AvgIpc) is 2.67. The van der Waals surface area contributed by atoms with Gasteiger partial charge in [0.2, 0.25) is 0 Å². The van der Waals surface area contributed by atoms with Gasteiger partial charge in [0.15, 0.2) is 6.29 Å². The number of benzene rings is 1. The molecular formula is C13H18N4O. The predicted molar refractivity (Wildman–Crippen MR) is 71.6 cm³/mol. The summed E-state index contributed by atoms with van der Waals surface area (Å²) < 4.78 is 2.04. The van der Waals surface area contributed by atoms with Crippen LogP contribution in [0.25, 0.3) is 11.0 Å². The zero-order chi connectivity index (χ0) is 13.1. The van der Waals surface area contributed by atoms with E-state index in [1.54, 1.807) is 0 Å². The van der Waals surface area contributed by atoms with Crippen molar-refractivity contribution < 1.29 is 4.79 Å². The summed E-state index contributed by atoms with van der Waals surface area (Å²) in [6.07, 6.45) is 0.871. The van der Waals surface area contributed by atoms with Gasteiger partial charge in [0, 0.05) is 18.7 Å². The number of carbonyl (C=O) groups is 1. The normalized spacial score (nSPS) is 11.3. The largest absolute Gasteiger partial charge is 0.329 e.